The number of aryl methyl sites for hydroxylation is 2. The molecule has 1 heterocycles. The SMILES string of the molecule is Cc1cc(C)cc(NS(=O)(=O)c2ccc(OCC(=O)N3CCN(c4ccccc4F)CC3)cc2)c1. The van der Waals surface area contributed by atoms with Crippen molar-refractivity contribution in [2.45, 2.75) is 18.7 Å². The first-order chi connectivity index (χ1) is 16.7. The first kappa shape index (κ1) is 24.5. The highest BCUT2D eigenvalue weighted by atomic mass is 32.2. The lowest BCUT2D eigenvalue weighted by Gasteiger charge is -2.36. The zero-order chi connectivity index (χ0) is 25.0. The Hall–Kier alpha value is -3.59. The average molecular weight is 498 g/mol. The van der Waals surface area contributed by atoms with E-state index in [1.165, 1.54) is 30.3 Å². The van der Waals surface area contributed by atoms with Crippen LogP contribution in [-0.2, 0) is 14.8 Å². The molecule has 1 aliphatic heterocycles. The topological polar surface area (TPSA) is 78.9 Å². The van der Waals surface area contributed by atoms with Crippen LogP contribution in [0.4, 0.5) is 15.8 Å². The molecule has 1 fully saturated rings. The number of para-hydroxylation sites is 1. The number of benzene rings is 3. The van der Waals surface area contributed by atoms with Gasteiger partial charge in [0.25, 0.3) is 15.9 Å². The molecule has 7 nitrogen and oxygen atoms in total. The monoisotopic (exact) mass is 497 g/mol. The van der Waals surface area contributed by atoms with Crippen LogP contribution in [0.1, 0.15) is 11.1 Å². The number of hydrogen-bond acceptors (Lipinski definition) is 5. The second kappa shape index (κ2) is 10.4. The summed E-state index contributed by atoms with van der Waals surface area (Å²) in [6.07, 6.45) is 0. The number of anilines is 2. The third kappa shape index (κ3) is 6.10. The Morgan fingerprint density at radius 2 is 1.57 bits per heavy atom. The highest BCUT2D eigenvalue weighted by Crippen LogP contribution is 2.22. The summed E-state index contributed by atoms with van der Waals surface area (Å²) in [7, 11) is -3.76. The predicted octanol–water partition coefficient (Wildman–Crippen LogP) is 3.97. The zero-order valence-electron chi connectivity index (χ0n) is 19.7. The Balaban J connectivity index is 1.30. The van der Waals surface area contributed by atoms with Crippen molar-refractivity contribution in [3.05, 3.63) is 83.7 Å². The summed E-state index contributed by atoms with van der Waals surface area (Å²) >= 11 is 0. The summed E-state index contributed by atoms with van der Waals surface area (Å²) in [5.41, 5.74) is 2.97. The number of carbonyl (C=O) groups is 1. The molecular weight excluding hydrogens is 469 g/mol. The van der Waals surface area contributed by atoms with Gasteiger partial charge < -0.3 is 14.5 Å². The Morgan fingerprint density at radius 3 is 2.20 bits per heavy atom. The maximum absolute atomic E-state index is 14.0. The van der Waals surface area contributed by atoms with E-state index in [2.05, 4.69) is 4.72 Å². The standard InChI is InChI=1S/C26H28FN3O4S/c1-19-15-20(2)17-21(16-19)28-35(32,33)23-9-7-22(8-10-23)34-18-26(31)30-13-11-29(12-14-30)25-6-4-3-5-24(25)27/h3-10,15-17,28H,11-14,18H2,1-2H3. The Morgan fingerprint density at radius 1 is 0.943 bits per heavy atom. The van der Waals surface area contributed by atoms with Crippen LogP contribution in [0.25, 0.3) is 0 Å². The normalized spacial score (nSPS) is 14.0. The number of nitrogens with zero attached hydrogens (tertiary/aromatic N) is 2. The van der Waals surface area contributed by atoms with Gasteiger partial charge in [0.05, 0.1) is 10.6 Å². The van der Waals surface area contributed by atoms with Gasteiger partial charge in [-0.1, -0.05) is 18.2 Å². The van der Waals surface area contributed by atoms with Crippen LogP contribution in [0.15, 0.2) is 71.6 Å². The van der Waals surface area contributed by atoms with Crippen molar-refractivity contribution in [1.29, 1.82) is 0 Å². The van der Waals surface area contributed by atoms with Gasteiger partial charge in [0, 0.05) is 31.9 Å². The summed E-state index contributed by atoms with van der Waals surface area (Å²) in [4.78, 5) is 16.3. The Labute approximate surface area is 205 Å². The van der Waals surface area contributed by atoms with Gasteiger partial charge in [0.15, 0.2) is 6.61 Å². The third-order valence-electron chi connectivity index (χ3n) is 5.80. The number of ether oxygens (including phenoxy) is 1. The van der Waals surface area contributed by atoms with Crippen LogP contribution >= 0.6 is 0 Å². The van der Waals surface area contributed by atoms with Crippen molar-refractivity contribution in [2.75, 3.05) is 42.4 Å². The molecule has 0 spiro atoms. The van der Waals surface area contributed by atoms with E-state index < -0.39 is 10.0 Å². The molecular formula is C26H28FN3O4S. The fraction of sp³-hybridized carbons (Fsp3) is 0.269. The second-order valence-electron chi connectivity index (χ2n) is 8.56. The lowest BCUT2D eigenvalue weighted by Crippen LogP contribution is -2.50. The predicted molar refractivity (Wildman–Crippen MR) is 134 cm³/mol. The van der Waals surface area contributed by atoms with Gasteiger partial charge in [-0.2, -0.15) is 0 Å². The molecule has 0 atom stereocenters. The van der Waals surface area contributed by atoms with E-state index in [0.717, 1.165) is 11.1 Å². The van der Waals surface area contributed by atoms with Gasteiger partial charge in [-0.15, -0.1) is 0 Å². The van der Waals surface area contributed by atoms with Crippen molar-refractivity contribution in [3.8, 4) is 5.75 Å². The summed E-state index contributed by atoms with van der Waals surface area (Å²) in [5.74, 6) is -0.0506. The molecule has 0 saturated carbocycles. The van der Waals surface area contributed by atoms with Gasteiger partial charge in [0.2, 0.25) is 0 Å². The molecule has 9 heteroatoms. The number of nitrogens with one attached hydrogen (secondary N) is 1. The molecule has 0 bridgehead atoms. The van der Waals surface area contributed by atoms with Crippen molar-refractivity contribution in [2.24, 2.45) is 0 Å². The zero-order valence-corrected chi connectivity index (χ0v) is 20.5. The Kier molecular flexibility index (Phi) is 7.25. The van der Waals surface area contributed by atoms with Gasteiger partial charge in [0.1, 0.15) is 11.6 Å². The molecule has 0 aliphatic carbocycles. The number of rotatable bonds is 7. The number of hydrogen-bond donors (Lipinski definition) is 1. The molecule has 184 valence electrons. The smallest absolute Gasteiger partial charge is 0.261 e. The van der Waals surface area contributed by atoms with E-state index in [4.69, 9.17) is 4.74 Å². The lowest BCUT2D eigenvalue weighted by molar-refractivity contribution is -0.133. The van der Waals surface area contributed by atoms with Crippen LogP contribution in [0.2, 0.25) is 0 Å². The van der Waals surface area contributed by atoms with Gasteiger partial charge in [-0.3, -0.25) is 9.52 Å². The highest BCUT2D eigenvalue weighted by Gasteiger charge is 2.23. The molecule has 35 heavy (non-hydrogen) atoms. The van der Waals surface area contributed by atoms with Crippen molar-refractivity contribution in [3.63, 3.8) is 0 Å². The largest absolute Gasteiger partial charge is 0.484 e. The van der Waals surface area contributed by atoms with Gasteiger partial charge in [-0.05, 0) is 73.5 Å². The minimum atomic E-state index is -3.76. The van der Waals surface area contributed by atoms with E-state index >= 15 is 0 Å². The summed E-state index contributed by atoms with van der Waals surface area (Å²) in [5, 5.41) is 0. The number of halogens is 1. The van der Waals surface area contributed by atoms with Crippen molar-refractivity contribution >= 4 is 27.3 Å². The third-order valence-corrected chi connectivity index (χ3v) is 7.19. The molecule has 4 rings (SSSR count). The van der Waals surface area contributed by atoms with Gasteiger partial charge in [-0.25, -0.2) is 12.8 Å². The Bertz CT molecular complexity index is 1280. The van der Waals surface area contributed by atoms with E-state index in [1.54, 1.807) is 35.2 Å². The molecule has 0 radical (unpaired) electrons. The number of carbonyl (C=O) groups excluding carboxylic acids is 1. The fourth-order valence-electron chi connectivity index (χ4n) is 4.10. The minimum Gasteiger partial charge on any atom is -0.484 e. The minimum absolute atomic E-state index is 0.0969. The lowest BCUT2D eigenvalue weighted by atomic mass is 10.1. The molecule has 1 amide bonds. The van der Waals surface area contributed by atoms with Crippen molar-refractivity contribution in [1.82, 2.24) is 4.90 Å². The molecule has 0 unspecified atom stereocenters. The number of amides is 1. The van der Waals surface area contributed by atoms with E-state index in [9.17, 15) is 17.6 Å². The van der Waals surface area contributed by atoms with Crippen LogP contribution in [0.3, 0.4) is 0 Å². The van der Waals surface area contributed by atoms with E-state index in [0.29, 0.717) is 43.3 Å². The number of piperazine rings is 1. The van der Waals surface area contributed by atoms with Gasteiger partial charge >= 0.3 is 0 Å². The molecule has 1 aliphatic rings. The fourth-order valence-corrected chi connectivity index (χ4v) is 5.14. The molecule has 3 aromatic rings. The number of sulfonamides is 1. The van der Waals surface area contributed by atoms with E-state index in [1.807, 2.05) is 24.8 Å². The molecule has 3 aromatic carbocycles. The maximum Gasteiger partial charge on any atom is 0.261 e. The molecule has 1 N–H and O–H groups in total. The summed E-state index contributed by atoms with van der Waals surface area (Å²) in [6.45, 7) is 5.66. The first-order valence-electron chi connectivity index (χ1n) is 11.3. The maximum atomic E-state index is 14.0. The van der Waals surface area contributed by atoms with Crippen LogP contribution in [-0.4, -0.2) is 52.0 Å². The average Bonchev–Trinajstić information content (AvgIpc) is 2.82. The second-order valence-corrected chi connectivity index (χ2v) is 10.2. The summed E-state index contributed by atoms with van der Waals surface area (Å²) < 4.78 is 47.6. The molecule has 1 saturated heterocycles. The summed E-state index contributed by atoms with van der Waals surface area (Å²) in [6, 6.07) is 18.0. The van der Waals surface area contributed by atoms with Crippen LogP contribution < -0.4 is 14.4 Å². The highest BCUT2D eigenvalue weighted by molar-refractivity contribution is 7.92. The van der Waals surface area contributed by atoms with Crippen molar-refractivity contribution < 1.29 is 22.3 Å². The molecule has 0 aromatic heterocycles. The first-order valence-corrected chi connectivity index (χ1v) is 12.8. The van der Waals surface area contributed by atoms with Crippen LogP contribution in [0, 0.1) is 19.7 Å². The quantitative estimate of drug-likeness (QED) is 0.535. The van der Waals surface area contributed by atoms with E-state index in [-0.39, 0.29) is 23.2 Å². The van der Waals surface area contributed by atoms with Crippen LogP contribution in [0.5, 0.6) is 5.75 Å².